The van der Waals surface area contributed by atoms with E-state index in [-0.39, 0.29) is 24.3 Å². The van der Waals surface area contributed by atoms with Crippen molar-refractivity contribution in [2.45, 2.75) is 43.7 Å². The number of nitrogens with zero attached hydrogens (tertiary/aromatic N) is 1. The standard InChI is InChI=1S/C24H27Cl4N3O2/c1-14(13-31(2)3)29-22(32)21(10-15-4-5-16(25)11-19(15)27)30-23(33)24(8-9-24)18-7-6-17(26)12-20(18)28/h4-7,11-12,14,21H,8-10,13H2,1-3H3,(H,29,32)(H,30,33). The Labute approximate surface area is 214 Å². The quantitative estimate of drug-likeness (QED) is 0.472. The van der Waals surface area contributed by atoms with Crippen molar-refractivity contribution in [2.75, 3.05) is 20.6 Å². The molecule has 0 radical (unpaired) electrons. The Morgan fingerprint density at radius 2 is 1.58 bits per heavy atom. The summed E-state index contributed by atoms with van der Waals surface area (Å²) in [4.78, 5) is 28.6. The van der Waals surface area contributed by atoms with Crippen LogP contribution in [-0.2, 0) is 21.4 Å². The molecule has 178 valence electrons. The highest BCUT2D eigenvalue weighted by atomic mass is 35.5. The van der Waals surface area contributed by atoms with E-state index in [0.717, 1.165) is 11.1 Å². The lowest BCUT2D eigenvalue weighted by molar-refractivity contribution is -0.130. The lowest BCUT2D eigenvalue weighted by Crippen LogP contribution is -2.53. The average molecular weight is 531 g/mol. The summed E-state index contributed by atoms with van der Waals surface area (Å²) in [5.41, 5.74) is 0.672. The number of rotatable bonds is 9. The van der Waals surface area contributed by atoms with Crippen LogP contribution >= 0.6 is 46.4 Å². The number of likely N-dealkylation sites (N-methyl/N-ethyl adjacent to an activating group) is 1. The molecule has 2 atom stereocenters. The Morgan fingerprint density at radius 1 is 0.970 bits per heavy atom. The molecule has 1 aliphatic carbocycles. The molecule has 1 fully saturated rings. The van der Waals surface area contributed by atoms with Crippen molar-refractivity contribution in [3.05, 3.63) is 67.6 Å². The fraction of sp³-hybridized carbons (Fsp3) is 0.417. The van der Waals surface area contributed by atoms with Crippen LogP contribution in [0.25, 0.3) is 0 Å². The van der Waals surface area contributed by atoms with Gasteiger partial charge in [0, 0.05) is 39.1 Å². The summed E-state index contributed by atoms with van der Waals surface area (Å²) in [6, 6.07) is 9.31. The van der Waals surface area contributed by atoms with Gasteiger partial charge in [-0.25, -0.2) is 0 Å². The Bertz CT molecular complexity index is 1040. The second-order valence-corrected chi connectivity index (χ2v) is 10.5. The molecule has 9 heteroatoms. The van der Waals surface area contributed by atoms with Crippen molar-refractivity contribution >= 4 is 58.2 Å². The summed E-state index contributed by atoms with van der Waals surface area (Å²) in [6.07, 6.45) is 1.52. The summed E-state index contributed by atoms with van der Waals surface area (Å²) in [5, 5.41) is 7.84. The second-order valence-electron chi connectivity index (χ2n) is 8.84. The number of benzene rings is 2. The number of carbonyl (C=O) groups is 2. The Morgan fingerprint density at radius 3 is 2.12 bits per heavy atom. The molecule has 0 aromatic heterocycles. The predicted molar refractivity (Wildman–Crippen MR) is 136 cm³/mol. The van der Waals surface area contributed by atoms with Gasteiger partial charge in [-0.15, -0.1) is 0 Å². The molecule has 2 unspecified atom stereocenters. The van der Waals surface area contributed by atoms with Crippen molar-refractivity contribution < 1.29 is 9.59 Å². The van der Waals surface area contributed by atoms with Crippen LogP contribution in [0.3, 0.4) is 0 Å². The van der Waals surface area contributed by atoms with Gasteiger partial charge in [0.2, 0.25) is 11.8 Å². The highest BCUT2D eigenvalue weighted by Gasteiger charge is 2.53. The van der Waals surface area contributed by atoms with Crippen LogP contribution in [0.15, 0.2) is 36.4 Å². The van der Waals surface area contributed by atoms with Gasteiger partial charge < -0.3 is 15.5 Å². The summed E-state index contributed by atoms with van der Waals surface area (Å²) in [5.74, 6) is -0.515. The summed E-state index contributed by atoms with van der Waals surface area (Å²) >= 11 is 24.8. The van der Waals surface area contributed by atoms with E-state index < -0.39 is 11.5 Å². The number of hydrogen-bond acceptors (Lipinski definition) is 3. The molecule has 2 amide bonds. The molecular formula is C24H27Cl4N3O2. The molecule has 2 aromatic rings. The maximum absolute atomic E-state index is 13.4. The van der Waals surface area contributed by atoms with Crippen molar-refractivity contribution in [1.29, 1.82) is 0 Å². The largest absolute Gasteiger partial charge is 0.351 e. The monoisotopic (exact) mass is 529 g/mol. The van der Waals surface area contributed by atoms with Gasteiger partial charge in [0.1, 0.15) is 6.04 Å². The molecule has 5 nitrogen and oxygen atoms in total. The van der Waals surface area contributed by atoms with E-state index in [9.17, 15) is 9.59 Å². The average Bonchev–Trinajstić information content (AvgIpc) is 3.50. The fourth-order valence-corrected chi connectivity index (χ4v) is 5.05. The Kier molecular flexibility index (Phi) is 8.57. The lowest BCUT2D eigenvalue weighted by Gasteiger charge is -2.26. The third-order valence-corrected chi connectivity index (χ3v) is 6.85. The zero-order chi connectivity index (χ0) is 24.3. The minimum Gasteiger partial charge on any atom is -0.351 e. The number of amides is 2. The number of halogens is 4. The highest BCUT2D eigenvalue weighted by molar-refractivity contribution is 6.35. The third kappa shape index (κ3) is 6.55. The molecule has 0 heterocycles. The first-order chi connectivity index (χ1) is 15.5. The van der Waals surface area contributed by atoms with Gasteiger partial charge in [-0.3, -0.25) is 9.59 Å². The molecular weight excluding hydrogens is 504 g/mol. The Hall–Kier alpha value is -1.50. The third-order valence-electron chi connectivity index (χ3n) is 5.72. The molecule has 3 rings (SSSR count). The van der Waals surface area contributed by atoms with Crippen LogP contribution in [0.5, 0.6) is 0 Å². The topological polar surface area (TPSA) is 61.4 Å². The number of nitrogens with one attached hydrogen (secondary N) is 2. The second kappa shape index (κ2) is 10.8. The van der Waals surface area contributed by atoms with Gasteiger partial charge in [0.05, 0.1) is 5.41 Å². The maximum Gasteiger partial charge on any atom is 0.243 e. The minimum atomic E-state index is -0.815. The lowest BCUT2D eigenvalue weighted by atomic mass is 9.94. The normalized spacial score (nSPS) is 16.2. The SMILES string of the molecule is CC(CN(C)C)NC(=O)C(Cc1ccc(Cl)cc1Cl)NC(=O)C1(c2ccc(Cl)cc2Cl)CC1. The van der Waals surface area contributed by atoms with Crippen LogP contribution in [0, 0.1) is 0 Å². The van der Waals surface area contributed by atoms with E-state index in [0.29, 0.717) is 39.5 Å². The van der Waals surface area contributed by atoms with Crippen molar-refractivity contribution in [3.8, 4) is 0 Å². The molecule has 0 spiro atoms. The van der Waals surface area contributed by atoms with E-state index in [2.05, 4.69) is 10.6 Å². The van der Waals surface area contributed by atoms with Gasteiger partial charge >= 0.3 is 0 Å². The molecule has 0 aliphatic heterocycles. The zero-order valence-electron chi connectivity index (χ0n) is 18.7. The minimum absolute atomic E-state index is 0.104. The highest BCUT2D eigenvalue weighted by Crippen LogP contribution is 2.51. The van der Waals surface area contributed by atoms with Gasteiger partial charge in [-0.2, -0.15) is 0 Å². The first-order valence-electron chi connectivity index (χ1n) is 10.7. The molecule has 1 saturated carbocycles. The van der Waals surface area contributed by atoms with Crippen LogP contribution in [0.4, 0.5) is 0 Å². The molecule has 0 saturated heterocycles. The summed E-state index contributed by atoms with van der Waals surface area (Å²) < 4.78 is 0. The van der Waals surface area contributed by atoms with Crippen molar-refractivity contribution in [3.63, 3.8) is 0 Å². The summed E-state index contributed by atoms with van der Waals surface area (Å²) in [6.45, 7) is 2.58. The first-order valence-corrected chi connectivity index (χ1v) is 12.2. The van der Waals surface area contributed by atoms with Crippen LogP contribution in [-0.4, -0.2) is 49.4 Å². The fourth-order valence-electron chi connectivity index (χ4n) is 3.97. The molecule has 1 aliphatic rings. The van der Waals surface area contributed by atoms with Crippen LogP contribution < -0.4 is 10.6 Å². The van der Waals surface area contributed by atoms with E-state index in [4.69, 9.17) is 46.4 Å². The number of hydrogen-bond donors (Lipinski definition) is 2. The van der Waals surface area contributed by atoms with Gasteiger partial charge in [-0.05, 0) is 69.3 Å². The van der Waals surface area contributed by atoms with Crippen LogP contribution in [0.1, 0.15) is 30.9 Å². The maximum atomic E-state index is 13.4. The van der Waals surface area contributed by atoms with Gasteiger partial charge in [-0.1, -0.05) is 58.5 Å². The Balaban J connectivity index is 1.83. The van der Waals surface area contributed by atoms with Gasteiger partial charge in [0.15, 0.2) is 0 Å². The molecule has 2 aromatic carbocycles. The van der Waals surface area contributed by atoms with E-state index in [1.165, 1.54) is 0 Å². The molecule has 33 heavy (non-hydrogen) atoms. The van der Waals surface area contributed by atoms with Gasteiger partial charge in [0.25, 0.3) is 0 Å². The van der Waals surface area contributed by atoms with E-state index in [1.807, 2.05) is 25.9 Å². The smallest absolute Gasteiger partial charge is 0.243 e. The van der Waals surface area contributed by atoms with Crippen molar-refractivity contribution in [2.24, 2.45) is 0 Å². The first kappa shape index (κ1) is 26.1. The zero-order valence-corrected chi connectivity index (χ0v) is 21.7. The van der Waals surface area contributed by atoms with Crippen LogP contribution in [0.2, 0.25) is 20.1 Å². The van der Waals surface area contributed by atoms with E-state index >= 15 is 0 Å². The molecule has 0 bridgehead atoms. The van der Waals surface area contributed by atoms with Crippen molar-refractivity contribution in [1.82, 2.24) is 15.5 Å². The predicted octanol–water partition coefficient (Wildman–Crippen LogP) is 5.13. The number of carbonyl (C=O) groups excluding carboxylic acids is 2. The molecule has 2 N–H and O–H groups in total. The summed E-state index contributed by atoms with van der Waals surface area (Å²) in [7, 11) is 3.87. The van der Waals surface area contributed by atoms with E-state index in [1.54, 1.807) is 36.4 Å².